The van der Waals surface area contributed by atoms with Crippen LogP contribution in [0.5, 0.6) is 5.75 Å². The average Bonchev–Trinajstić information content (AvgIpc) is 2.52. The van der Waals surface area contributed by atoms with Crippen molar-refractivity contribution >= 4 is 5.69 Å². The zero-order valence-electron chi connectivity index (χ0n) is 11.5. The first-order valence-electron chi connectivity index (χ1n) is 6.46. The smallest absolute Gasteiger partial charge is 0.274 e. The third-order valence-electron chi connectivity index (χ3n) is 3.10. The predicted molar refractivity (Wildman–Crippen MR) is 77.9 cm³/mol. The number of rotatable bonds is 5. The lowest BCUT2D eigenvalue weighted by atomic mass is 10.0. The molecular weight excluding hydrogens is 268 g/mol. The minimum absolute atomic E-state index is 0.0592. The van der Waals surface area contributed by atoms with E-state index in [4.69, 9.17) is 10.00 Å². The molecule has 0 aliphatic heterocycles. The van der Waals surface area contributed by atoms with Gasteiger partial charge in [-0.3, -0.25) is 10.1 Å². The van der Waals surface area contributed by atoms with Gasteiger partial charge in [0, 0.05) is 6.07 Å². The number of nitriles is 1. The zero-order valence-corrected chi connectivity index (χ0v) is 11.5. The number of nitrogens with zero attached hydrogens (tertiary/aromatic N) is 2. The molecule has 2 rings (SSSR count). The van der Waals surface area contributed by atoms with E-state index in [2.05, 4.69) is 0 Å². The minimum Gasteiger partial charge on any atom is -0.489 e. The van der Waals surface area contributed by atoms with Gasteiger partial charge < -0.3 is 4.74 Å². The average molecular weight is 282 g/mol. The number of benzene rings is 2. The Morgan fingerprint density at radius 2 is 2.00 bits per heavy atom. The Labute approximate surface area is 122 Å². The second-order valence-corrected chi connectivity index (χ2v) is 4.60. The first kappa shape index (κ1) is 14.5. The summed E-state index contributed by atoms with van der Waals surface area (Å²) >= 11 is 0. The second-order valence-electron chi connectivity index (χ2n) is 4.60. The Hall–Kier alpha value is -2.87. The van der Waals surface area contributed by atoms with Gasteiger partial charge in [-0.1, -0.05) is 30.3 Å². The van der Waals surface area contributed by atoms with E-state index in [0.717, 1.165) is 5.56 Å². The van der Waals surface area contributed by atoms with Crippen LogP contribution in [0.4, 0.5) is 5.69 Å². The van der Waals surface area contributed by atoms with Gasteiger partial charge in [0.2, 0.25) is 0 Å². The summed E-state index contributed by atoms with van der Waals surface area (Å²) in [4.78, 5) is 10.5. The van der Waals surface area contributed by atoms with Crippen molar-refractivity contribution in [3.05, 3.63) is 69.8 Å². The highest BCUT2D eigenvalue weighted by molar-refractivity contribution is 5.48. The monoisotopic (exact) mass is 282 g/mol. The minimum atomic E-state index is -0.564. The molecule has 2 aromatic rings. The Morgan fingerprint density at radius 1 is 1.29 bits per heavy atom. The number of nitro benzene ring substituents is 1. The Kier molecular flexibility index (Phi) is 4.52. The van der Waals surface area contributed by atoms with Crippen molar-refractivity contribution < 1.29 is 9.66 Å². The van der Waals surface area contributed by atoms with Crippen LogP contribution in [-0.4, -0.2) is 4.92 Å². The van der Waals surface area contributed by atoms with Crippen molar-refractivity contribution in [3.8, 4) is 11.8 Å². The van der Waals surface area contributed by atoms with E-state index in [0.29, 0.717) is 17.9 Å². The van der Waals surface area contributed by atoms with Gasteiger partial charge >= 0.3 is 0 Å². The molecule has 0 heterocycles. The molecule has 5 heteroatoms. The van der Waals surface area contributed by atoms with Crippen molar-refractivity contribution in [3.63, 3.8) is 0 Å². The Bertz CT molecular complexity index is 678. The van der Waals surface area contributed by atoms with Gasteiger partial charge in [-0.2, -0.15) is 5.26 Å². The van der Waals surface area contributed by atoms with Gasteiger partial charge in [0.25, 0.3) is 5.69 Å². The summed E-state index contributed by atoms with van der Waals surface area (Å²) in [5, 5.41) is 20.0. The molecule has 0 radical (unpaired) electrons. The summed E-state index contributed by atoms with van der Waals surface area (Å²) in [6.45, 7) is 2.00. The first-order valence-corrected chi connectivity index (χ1v) is 6.46. The molecular formula is C16H14N2O3. The molecule has 0 fully saturated rings. The molecule has 1 atom stereocenters. The van der Waals surface area contributed by atoms with Crippen LogP contribution in [0.25, 0.3) is 0 Å². The fraction of sp³-hybridized carbons (Fsp3) is 0.188. The summed E-state index contributed by atoms with van der Waals surface area (Å²) in [6, 6.07) is 16.1. The molecule has 5 nitrogen and oxygen atoms in total. The lowest BCUT2D eigenvalue weighted by Gasteiger charge is -2.10. The van der Waals surface area contributed by atoms with Crippen LogP contribution in [0.3, 0.4) is 0 Å². The van der Waals surface area contributed by atoms with E-state index in [1.54, 1.807) is 19.1 Å². The molecule has 0 aromatic heterocycles. The quantitative estimate of drug-likeness (QED) is 0.617. The van der Waals surface area contributed by atoms with E-state index >= 15 is 0 Å². The molecule has 0 bridgehead atoms. The third-order valence-corrected chi connectivity index (χ3v) is 3.10. The van der Waals surface area contributed by atoms with Gasteiger partial charge in [0.1, 0.15) is 12.4 Å². The normalized spacial score (nSPS) is 11.4. The van der Waals surface area contributed by atoms with Gasteiger partial charge in [-0.05, 0) is 24.6 Å². The summed E-state index contributed by atoms with van der Waals surface area (Å²) in [6.07, 6.45) is 0. The summed E-state index contributed by atoms with van der Waals surface area (Å²) in [7, 11) is 0. The van der Waals surface area contributed by atoms with Crippen LogP contribution in [0.15, 0.2) is 48.5 Å². The first-order chi connectivity index (χ1) is 10.1. The van der Waals surface area contributed by atoms with Gasteiger partial charge in [-0.15, -0.1) is 0 Å². The van der Waals surface area contributed by atoms with Gasteiger partial charge in [-0.25, -0.2) is 0 Å². The standard InChI is InChI=1S/C16H14N2O3/c1-12(10-17)15-9-14(7-8-16(15)18(19)20)21-11-13-5-3-2-4-6-13/h2-9,12H,11H2,1H3. The summed E-state index contributed by atoms with van der Waals surface area (Å²) < 4.78 is 5.63. The number of nitro groups is 1. The third kappa shape index (κ3) is 3.57. The van der Waals surface area contributed by atoms with Crippen LogP contribution in [0.2, 0.25) is 0 Å². The maximum atomic E-state index is 11.0. The predicted octanol–water partition coefficient (Wildman–Crippen LogP) is 3.80. The van der Waals surface area contributed by atoms with E-state index in [9.17, 15) is 10.1 Å². The highest BCUT2D eigenvalue weighted by atomic mass is 16.6. The van der Waals surface area contributed by atoms with Crippen molar-refractivity contribution in [2.45, 2.75) is 19.4 Å². The molecule has 0 aliphatic rings. The van der Waals surface area contributed by atoms with E-state index in [1.165, 1.54) is 6.07 Å². The van der Waals surface area contributed by atoms with Crippen molar-refractivity contribution in [2.24, 2.45) is 0 Å². The molecule has 0 spiro atoms. The fourth-order valence-electron chi connectivity index (χ4n) is 1.95. The molecule has 0 saturated carbocycles. The van der Waals surface area contributed by atoms with Crippen molar-refractivity contribution in [1.82, 2.24) is 0 Å². The highest BCUT2D eigenvalue weighted by Gasteiger charge is 2.19. The van der Waals surface area contributed by atoms with Crippen molar-refractivity contribution in [2.75, 3.05) is 0 Å². The van der Waals surface area contributed by atoms with Crippen LogP contribution >= 0.6 is 0 Å². The van der Waals surface area contributed by atoms with Crippen LogP contribution in [-0.2, 0) is 6.61 Å². The zero-order chi connectivity index (χ0) is 15.2. The van der Waals surface area contributed by atoms with Gasteiger partial charge in [0.15, 0.2) is 0 Å². The van der Waals surface area contributed by atoms with Crippen LogP contribution in [0.1, 0.15) is 24.0 Å². The van der Waals surface area contributed by atoms with Gasteiger partial charge in [0.05, 0.1) is 22.5 Å². The Balaban J connectivity index is 2.22. The molecule has 0 saturated heterocycles. The highest BCUT2D eigenvalue weighted by Crippen LogP contribution is 2.30. The lowest BCUT2D eigenvalue weighted by molar-refractivity contribution is -0.385. The number of hydrogen-bond acceptors (Lipinski definition) is 4. The molecule has 21 heavy (non-hydrogen) atoms. The van der Waals surface area contributed by atoms with E-state index in [-0.39, 0.29) is 5.69 Å². The summed E-state index contributed by atoms with van der Waals surface area (Å²) in [5.74, 6) is -0.0489. The second kappa shape index (κ2) is 6.53. The molecule has 1 unspecified atom stereocenters. The SMILES string of the molecule is CC(C#N)c1cc(OCc2ccccc2)ccc1[N+](=O)[O-]. The molecule has 0 aliphatic carbocycles. The molecule has 106 valence electrons. The number of hydrogen-bond donors (Lipinski definition) is 0. The fourth-order valence-corrected chi connectivity index (χ4v) is 1.95. The molecule has 0 amide bonds. The largest absolute Gasteiger partial charge is 0.489 e. The van der Waals surface area contributed by atoms with Crippen molar-refractivity contribution in [1.29, 1.82) is 5.26 Å². The maximum absolute atomic E-state index is 11.0. The lowest BCUT2D eigenvalue weighted by Crippen LogP contribution is -2.01. The van der Waals surface area contributed by atoms with E-state index in [1.807, 2.05) is 36.4 Å². The molecule has 2 aromatic carbocycles. The maximum Gasteiger partial charge on any atom is 0.274 e. The van der Waals surface area contributed by atoms with E-state index < -0.39 is 10.8 Å². The van der Waals surface area contributed by atoms with Crippen LogP contribution in [0, 0.1) is 21.4 Å². The Morgan fingerprint density at radius 3 is 2.62 bits per heavy atom. The number of ether oxygens (including phenoxy) is 1. The summed E-state index contributed by atoms with van der Waals surface area (Å²) in [5.41, 5.74) is 1.31. The topological polar surface area (TPSA) is 76.2 Å². The molecule has 0 N–H and O–H groups in total. The van der Waals surface area contributed by atoms with Crippen LogP contribution < -0.4 is 4.74 Å².